The summed E-state index contributed by atoms with van der Waals surface area (Å²) >= 11 is 5.93. The average Bonchev–Trinajstić information content (AvgIpc) is 3.13. The first kappa shape index (κ1) is 11.8. The Labute approximate surface area is 112 Å². The van der Waals surface area contributed by atoms with Crippen LogP contribution in [0, 0.1) is 0 Å². The number of hydrogen-bond donors (Lipinski definition) is 1. The molecule has 1 aliphatic rings. The lowest BCUT2D eigenvalue weighted by atomic mass is 10.1. The lowest BCUT2D eigenvalue weighted by molar-refractivity contribution is 0.775. The van der Waals surface area contributed by atoms with E-state index in [-0.39, 0.29) is 0 Å². The van der Waals surface area contributed by atoms with E-state index in [1.54, 1.807) is 0 Å². The van der Waals surface area contributed by atoms with Gasteiger partial charge in [-0.2, -0.15) is 5.10 Å². The second-order valence-electron chi connectivity index (χ2n) is 4.75. The molecule has 18 heavy (non-hydrogen) atoms. The van der Waals surface area contributed by atoms with Gasteiger partial charge in [-0.25, -0.2) is 4.68 Å². The van der Waals surface area contributed by atoms with Crippen LogP contribution in [-0.4, -0.2) is 16.8 Å². The molecule has 1 aromatic heterocycles. The van der Waals surface area contributed by atoms with Crippen LogP contribution < -0.4 is 5.32 Å². The van der Waals surface area contributed by atoms with Crippen molar-refractivity contribution in [2.45, 2.75) is 25.3 Å². The Morgan fingerprint density at radius 3 is 2.67 bits per heavy atom. The van der Waals surface area contributed by atoms with E-state index in [4.69, 9.17) is 11.6 Å². The molecule has 0 atom stereocenters. The van der Waals surface area contributed by atoms with E-state index in [9.17, 15) is 0 Å². The molecule has 0 bridgehead atoms. The van der Waals surface area contributed by atoms with Gasteiger partial charge >= 0.3 is 0 Å². The standard InChI is InChI=1S/C14H16ClN3/c1-16-8-11-9-17-18(14(11)10-2-3-10)13-6-4-12(15)5-7-13/h4-7,9-10,16H,2-3,8H2,1H3. The Hall–Kier alpha value is -1.32. The monoisotopic (exact) mass is 261 g/mol. The number of benzene rings is 1. The van der Waals surface area contributed by atoms with Crippen molar-refractivity contribution in [2.24, 2.45) is 0 Å². The largest absolute Gasteiger partial charge is 0.316 e. The van der Waals surface area contributed by atoms with Gasteiger partial charge in [-0.1, -0.05) is 11.6 Å². The lowest BCUT2D eigenvalue weighted by Gasteiger charge is -2.09. The minimum absolute atomic E-state index is 0.673. The predicted molar refractivity (Wildman–Crippen MR) is 73.3 cm³/mol. The first-order valence-electron chi connectivity index (χ1n) is 6.27. The SMILES string of the molecule is CNCc1cnn(-c2ccc(Cl)cc2)c1C1CC1. The van der Waals surface area contributed by atoms with Crippen molar-refractivity contribution >= 4 is 11.6 Å². The lowest BCUT2D eigenvalue weighted by Crippen LogP contribution is -2.08. The number of aromatic nitrogens is 2. The van der Waals surface area contributed by atoms with Crippen molar-refractivity contribution in [1.82, 2.24) is 15.1 Å². The summed E-state index contributed by atoms with van der Waals surface area (Å²) in [6.45, 7) is 0.874. The van der Waals surface area contributed by atoms with Gasteiger partial charge in [0.15, 0.2) is 0 Å². The van der Waals surface area contributed by atoms with Crippen LogP contribution in [0.3, 0.4) is 0 Å². The van der Waals surface area contributed by atoms with E-state index in [2.05, 4.69) is 15.1 Å². The molecule has 1 saturated carbocycles. The molecule has 1 heterocycles. The molecule has 1 aromatic carbocycles. The maximum atomic E-state index is 5.93. The van der Waals surface area contributed by atoms with Crippen LogP contribution in [0.25, 0.3) is 5.69 Å². The summed E-state index contributed by atoms with van der Waals surface area (Å²) in [5.41, 5.74) is 3.74. The second-order valence-corrected chi connectivity index (χ2v) is 5.18. The minimum Gasteiger partial charge on any atom is -0.316 e. The van der Waals surface area contributed by atoms with Crippen molar-refractivity contribution in [2.75, 3.05) is 7.05 Å². The molecule has 3 rings (SSSR count). The van der Waals surface area contributed by atoms with Crippen molar-refractivity contribution in [3.05, 3.63) is 46.7 Å². The molecule has 1 N–H and O–H groups in total. The summed E-state index contributed by atoms with van der Waals surface area (Å²) in [6.07, 6.45) is 4.52. The van der Waals surface area contributed by atoms with Gasteiger partial charge in [-0.15, -0.1) is 0 Å². The quantitative estimate of drug-likeness (QED) is 0.917. The Bertz CT molecular complexity index is 541. The molecule has 3 nitrogen and oxygen atoms in total. The molecule has 0 unspecified atom stereocenters. The second kappa shape index (κ2) is 4.75. The highest BCUT2D eigenvalue weighted by Gasteiger charge is 2.30. The fourth-order valence-corrected chi connectivity index (χ4v) is 2.42. The smallest absolute Gasteiger partial charge is 0.0650 e. The molecule has 0 spiro atoms. The summed E-state index contributed by atoms with van der Waals surface area (Å²) in [4.78, 5) is 0. The Balaban J connectivity index is 2.03. The van der Waals surface area contributed by atoms with Crippen LogP contribution in [-0.2, 0) is 6.54 Å². The summed E-state index contributed by atoms with van der Waals surface area (Å²) < 4.78 is 2.06. The maximum absolute atomic E-state index is 5.93. The minimum atomic E-state index is 0.673. The molecular weight excluding hydrogens is 246 g/mol. The molecule has 0 amide bonds. The Morgan fingerprint density at radius 1 is 1.33 bits per heavy atom. The summed E-state index contributed by atoms with van der Waals surface area (Å²) in [7, 11) is 1.97. The van der Waals surface area contributed by atoms with E-state index in [0.29, 0.717) is 5.92 Å². The number of nitrogens with one attached hydrogen (secondary N) is 1. The van der Waals surface area contributed by atoms with Gasteiger partial charge in [0, 0.05) is 23.0 Å². The molecule has 4 heteroatoms. The molecule has 1 fully saturated rings. The molecule has 1 aliphatic carbocycles. The van der Waals surface area contributed by atoms with Crippen molar-refractivity contribution in [1.29, 1.82) is 0 Å². The highest BCUT2D eigenvalue weighted by atomic mass is 35.5. The normalized spacial score (nSPS) is 15.0. The third-order valence-electron chi connectivity index (χ3n) is 3.29. The van der Waals surface area contributed by atoms with Gasteiger partial charge in [0.25, 0.3) is 0 Å². The topological polar surface area (TPSA) is 29.9 Å². The highest BCUT2D eigenvalue weighted by Crippen LogP contribution is 2.42. The summed E-state index contributed by atoms with van der Waals surface area (Å²) in [6, 6.07) is 7.86. The van der Waals surface area contributed by atoms with E-state index < -0.39 is 0 Å². The molecular formula is C14H16ClN3. The number of nitrogens with zero attached hydrogens (tertiary/aromatic N) is 2. The zero-order valence-corrected chi connectivity index (χ0v) is 11.1. The third-order valence-corrected chi connectivity index (χ3v) is 3.54. The number of rotatable bonds is 4. The van der Waals surface area contributed by atoms with Gasteiger partial charge in [0.2, 0.25) is 0 Å². The van der Waals surface area contributed by atoms with Crippen LogP contribution in [0.4, 0.5) is 0 Å². The van der Waals surface area contributed by atoms with E-state index in [0.717, 1.165) is 17.3 Å². The van der Waals surface area contributed by atoms with Crippen LogP contribution in [0.15, 0.2) is 30.5 Å². The first-order chi connectivity index (χ1) is 8.79. The summed E-state index contributed by atoms with van der Waals surface area (Å²) in [5.74, 6) is 0.673. The Kier molecular flexibility index (Phi) is 3.10. The van der Waals surface area contributed by atoms with Gasteiger partial charge < -0.3 is 5.32 Å². The zero-order valence-electron chi connectivity index (χ0n) is 10.4. The van der Waals surface area contributed by atoms with Crippen molar-refractivity contribution in [3.63, 3.8) is 0 Å². The average molecular weight is 262 g/mol. The first-order valence-corrected chi connectivity index (χ1v) is 6.64. The van der Waals surface area contributed by atoms with Gasteiger partial charge in [0.1, 0.15) is 0 Å². The van der Waals surface area contributed by atoms with Gasteiger partial charge in [-0.05, 0) is 44.2 Å². The number of hydrogen-bond acceptors (Lipinski definition) is 2. The van der Waals surface area contributed by atoms with Crippen LogP contribution in [0.2, 0.25) is 5.02 Å². The molecule has 2 aromatic rings. The summed E-state index contributed by atoms with van der Waals surface area (Å²) in [5, 5.41) is 8.49. The molecule has 0 aliphatic heterocycles. The van der Waals surface area contributed by atoms with Crippen molar-refractivity contribution in [3.8, 4) is 5.69 Å². The van der Waals surface area contributed by atoms with Gasteiger partial charge in [0.05, 0.1) is 17.6 Å². The van der Waals surface area contributed by atoms with Crippen LogP contribution in [0.1, 0.15) is 30.0 Å². The van der Waals surface area contributed by atoms with E-state index in [1.165, 1.54) is 24.1 Å². The van der Waals surface area contributed by atoms with Crippen LogP contribution in [0.5, 0.6) is 0 Å². The van der Waals surface area contributed by atoms with E-state index >= 15 is 0 Å². The predicted octanol–water partition coefficient (Wildman–Crippen LogP) is 3.12. The fraction of sp³-hybridized carbons (Fsp3) is 0.357. The highest BCUT2D eigenvalue weighted by molar-refractivity contribution is 6.30. The third kappa shape index (κ3) is 2.16. The van der Waals surface area contributed by atoms with Crippen LogP contribution >= 0.6 is 11.6 Å². The van der Waals surface area contributed by atoms with Crippen molar-refractivity contribution < 1.29 is 0 Å². The molecule has 0 radical (unpaired) electrons. The fourth-order valence-electron chi connectivity index (χ4n) is 2.30. The Morgan fingerprint density at radius 2 is 2.06 bits per heavy atom. The molecule has 0 saturated heterocycles. The maximum Gasteiger partial charge on any atom is 0.0650 e. The van der Waals surface area contributed by atoms with Gasteiger partial charge in [-0.3, -0.25) is 0 Å². The number of halogens is 1. The zero-order chi connectivity index (χ0) is 12.5. The molecule has 94 valence electrons. The van der Waals surface area contributed by atoms with E-state index in [1.807, 2.05) is 37.5 Å².